The number of amides is 1. The second-order valence-corrected chi connectivity index (χ2v) is 4.65. The van der Waals surface area contributed by atoms with Crippen LogP contribution in [0.1, 0.15) is 30.1 Å². The lowest BCUT2D eigenvalue weighted by Crippen LogP contribution is -2.33. The minimum Gasteiger partial charge on any atom is -0.339 e. The molecule has 17 heavy (non-hydrogen) atoms. The van der Waals surface area contributed by atoms with Crippen LogP contribution in [0.15, 0.2) is 23.1 Å². The van der Waals surface area contributed by atoms with Crippen molar-refractivity contribution in [2.75, 3.05) is 13.1 Å². The molecule has 0 unspecified atom stereocenters. The van der Waals surface area contributed by atoms with Crippen LogP contribution in [-0.4, -0.2) is 28.5 Å². The summed E-state index contributed by atoms with van der Waals surface area (Å²) >= 11 is 0. The van der Waals surface area contributed by atoms with Crippen LogP contribution in [0, 0.1) is 5.92 Å². The molecule has 2 rings (SSSR count). The quantitative estimate of drug-likeness (QED) is 0.787. The van der Waals surface area contributed by atoms with Gasteiger partial charge in [0.2, 0.25) is 0 Å². The van der Waals surface area contributed by atoms with E-state index in [0.29, 0.717) is 18.0 Å². The van der Waals surface area contributed by atoms with E-state index in [4.69, 9.17) is 0 Å². The Morgan fingerprint density at radius 3 is 2.76 bits per heavy atom. The van der Waals surface area contributed by atoms with Gasteiger partial charge in [0.15, 0.2) is 0 Å². The van der Waals surface area contributed by atoms with Gasteiger partial charge in [0, 0.05) is 38.0 Å². The van der Waals surface area contributed by atoms with E-state index < -0.39 is 0 Å². The van der Waals surface area contributed by atoms with Crippen molar-refractivity contribution < 1.29 is 4.79 Å². The average molecular weight is 234 g/mol. The van der Waals surface area contributed by atoms with Crippen LogP contribution in [0.25, 0.3) is 0 Å². The maximum absolute atomic E-state index is 12.2. The summed E-state index contributed by atoms with van der Waals surface area (Å²) < 4.78 is 1.47. The first-order chi connectivity index (χ1) is 8.11. The average Bonchev–Trinajstić information content (AvgIpc) is 3.12. The predicted octanol–water partition coefficient (Wildman–Crippen LogP) is 1.26. The van der Waals surface area contributed by atoms with Crippen molar-refractivity contribution in [3.63, 3.8) is 0 Å². The van der Waals surface area contributed by atoms with E-state index in [1.165, 1.54) is 23.5 Å². The predicted molar refractivity (Wildman–Crippen MR) is 66.0 cm³/mol. The van der Waals surface area contributed by atoms with E-state index in [1.807, 2.05) is 11.8 Å². The third-order valence-electron chi connectivity index (χ3n) is 3.20. The number of pyridine rings is 1. The van der Waals surface area contributed by atoms with Crippen molar-refractivity contribution in [2.45, 2.75) is 19.8 Å². The van der Waals surface area contributed by atoms with Gasteiger partial charge in [-0.15, -0.1) is 0 Å². The summed E-state index contributed by atoms with van der Waals surface area (Å²) in [6.45, 7) is 3.50. The van der Waals surface area contributed by atoms with E-state index in [9.17, 15) is 9.59 Å². The van der Waals surface area contributed by atoms with Gasteiger partial charge in [-0.3, -0.25) is 9.59 Å². The maximum Gasteiger partial charge on any atom is 0.254 e. The van der Waals surface area contributed by atoms with Crippen LogP contribution in [-0.2, 0) is 7.05 Å². The van der Waals surface area contributed by atoms with E-state index >= 15 is 0 Å². The monoisotopic (exact) mass is 234 g/mol. The Bertz CT molecular complexity index is 475. The number of rotatable bonds is 4. The molecule has 0 aromatic carbocycles. The zero-order valence-electron chi connectivity index (χ0n) is 10.3. The molecule has 4 nitrogen and oxygen atoms in total. The minimum atomic E-state index is -0.140. The summed E-state index contributed by atoms with van der Waals surface area (Å²) in [5.74, 6) is 0.641. The Morgan fingerprint density at radius 1 is 1.53 bits per heavy atom. The second kappa shape index (κ2) is 4.73. The van der Waals surface area contributed by atoms with Gasteiger partial charge in [0.1, 0.15) is 0 Å². The highest BCUT2D eigenvalue weighted by atomic mass is 16.2. The summed E-state index contributed by atoms with van der Waals surface area (Å²) in [6, 6.07) is 3.12. The van der Waals surface area contributed by atoms with Gasteiger partial charge in [-0.25, -0.2) is 0 Å². The fourth-order valence-corrected chi connectivity index (χ4v) is 1.83. The summed E-state index contributed by atoms with van der Waals surface area (Å²) in [5.41, 5.74) is 0.355. The van der Waals surface area contributed by atoms with Crippen LogP contribution < -0.4 is 5.56 Å². The number of carbonyl (C=O) groups excluding carboxylic acids is 1. The number of nitrogens with zero attached hydrogens (tertiary/aromatic N) is 2. The molecule has 0 atom stereocenters. The second-order valence-electron chi connectivity index (χ2n) is 4.65. The third-order valence-corrected chi connectivity index (χ3v) is 3.20. The lowest BCUT2D eigenvalue weighted by Gasteiger charge is -2.20. The highest BCUT2D eigenvalue weighted by Gasteiger charge is 2.26. The van der Waals surface area contributed by atoms with Crippen LogP contribution in [0.4, 0.5) is 0 Å². The van der Waals surface area contributed by atoms with Gasteiger partial charge >= 0.3 is 0 Å². The molecule has 1 aromatic rings. The molecule has 0 N–H and O–H groups in total. The first-order valence-corrected chi connectivity index (χ1v) is 6.07. The molecule has 0 aliphatic heterocycles. The summed E-state index contributed by atoms with van der Waals surface area (Å²) in [7, 11) is 1.68. The van der Waals surface area contributed by atoms with Gasteiger partial charge in [0.05, 0.1) is 0 Å². The van der Waals surface area contributed by atoms with Gasteiger partial charge in [-0.1, -0.05) is 0 Å². The minimum absolute atomic E-state index is 0.0305. The molecule has 1 aromatic heterocycles. The molecule has 1 fully saturated rings. The molecule has 92 valence electrons. The zero-order valence-corrected chi connectivity index (χ0v) is 10.3. The standard InChI is InChI=1S/C13H18N2O2/c1-3-15(9-10-4-5-10)13(17)11-6-7-14(2)12(16)8-11/h6-8,10H,3-5,9H2,1-2H3. The Hall–Kier alpha value is -1.58. The molecule has 1 saturated carbocycles. The van der Waals surface area contributed by atoms with E-state index in [0.717, 1.165) is 6.54 Å². The van der Waals surface area contributed by atoms with Crippen LogP contribution in [0.2, 0.25) is 0 Å². The summed E-state index contributed by atoms with van der Waals surface area (Å²) in [4.78, 5) is 25.5. The molecule has 4 heteroatoms. The van der Waals surface area contributed by atoms with Gasteiger partial charge in [-0.05, 0) is 31.7 Å². The number of aryl methyl sites for hydroxylation is 1. The van der Waals surface area contributed by atoms with Gasteiger partial charge in [0.25, 0.3) is 11.5 Å². The number of aromatic nitrogens is 1. The first kappa shape index (κ1) is 11.9. The van der Waals surface area contributed by atoms with Crippen molar-refractivity contribution in [3.8, 4) is 0 Å². The topological polar surface area (TPSA) is 42.3 Å². The third kappa shape index (κ3) is 2.75. The van der Waals surface area contributed by atoms with E-state index in [1.54, 1.807) is 19.3 Å². The largest absolute Gasteiger partial charge is 0.339 e. The highest BCUT2D eigenvalue weighted by Crippen LogP contribution is 2.29. The van der Waals surface area contributed by atoms with Crippen molar-refractivity contribution in [2.24, 2.45) is 13.0 Å². The highest BCUT2D eigenvalue weighted by molar-refractivity contribution is 5.94. The molecule has 1 amide bonds. The SMILES string of the molecule is CCN(CC1CC1)C(=O)c1ccn(C)c(=O)c1. The van der Waals surface area contributed by atoms with Crippen molar-refractivity contribution in [3.05, 3.63) is 34.2 Å². The molecular weight excluding hydrogens is 216 g/mol. The smallest absolute Gasteiger partial charge is 0.254 e. The normalized spacial score (nSPS) is 14.7. The molecule has 1 heterocycles. The molecule has 0 saturated heterocycles. The Labute approximate surface area is 101 Å². The molecule has 0 spiro atoms. The van der Waals surface area contributed by atoms with Crippen molar-refractivity contribution in [1.29, 1.82) is 0 Å². The van der Waals surface area contributed by atoms with Gasteiger partial charge < -0.3 is 9.47 Å². The lowest BCUT2D eigenvalue weighted by atomic mass is 10.2. The zero-order chi connectivity index (χ0) is 12.4. The van der Waals surface area contributed by atoms with Crippen molar-refractivity contribution in [1.82, 2.24) is 9.47 Å². The van der Waals surface area contributed by atoms with Crippen molar-refractivity contribution >= 4 is 5.91 Å². The molecule has 1 aliphatic carbocycles. The Balaban J connectivity index is 2.15. The summed E-state index contributed by atoms with van der Waals surface area (Å²) in [5, 5.41) is 0. The fourth-order valence-electron chi connectivity index (χ4n) is 1.83. The van der Waals surface area contributed by atoms with E-state index in [-0.39, 0.29) is 11.5 Å². The molecule has 0 radical (unpaired) electrons. The lowest BCUT2D eigenvalue weighted by molar-refractivity contribution is 0.0756. The molecule has 1 aliphatic rings. The fraction of sp³-hybridized carbons (Fsp3) is 0.538. The van der Waals surface area contributed by atoms with E-state index in [2.05, 4.69) is 0 Å². The number of hydrogen-bond acceptors (Lipinski definition) is 2. The molecule has 0 bridgehead atoms. The number of hydrogen-bond donors (Lipinski definition) is 0. The molecular formula is C13H18N2O2. The number of carbonyl (C=O) groups is 1. The Kier molecular flexibility index (Phi) is 3.31. The van der Waals surface area contributed by atoms with Crippen LogP contribution >= 0.6 is 0 Å². The Morgan fingerprint density at radius 2 is 2.24 bits per heavy atom. The van der Waals surface area contributed by atoms with Gasteiger partial charge in [-0.2, -0.15) is 0 Å². The van der Waals surface area contributed by atoms with Crippen LogP contribution in [0.3, 0.4) is 0 Å². The first-order valence-electron chi connectivity index (χ1n) is 6.07. The maximum atomic E-state index is 12.2. The summed E-state index contributed by atoms with van der Waals surface area (Å²) in [6.07, 6.45) is 4.08. The van der Waals surface area contributed by atoms with Crippen LogP contribution in [0.5, 0.6) is 0 Å².